The molecule has 146 valence electrons. The molecule has 0 saturated carbocycles. The molecule has 0 aliphatic carbocycles. The Kier molecular flexibility index (Phi) is 4.03. The number of benzene rings is 2. The summed E-state index contributed by atoms with van der Waals surface area (Å²) < 4.78 is 5.48. The molecule has 6 nitrogen and oxygen atoms in total. The lowest BCUT2D eigenvalue weighted by atomic mass is 10.1. The molecule has 1 N–H and O–H groups in total. The van der Waals surface area contributed by atoms with Crippen LogP contribution in [0.5, 0.6) is 0 Å². The van der Waals surface area contributed by atoms with E-state index in [0.29, 0.717) is 12.0 Å². The van der Waals surface area contributed by atoms with E-state index in [0.717, 1.165) is 27.2 Å². The Morgan fingerprint density at radius 2 is 1.93 bits per heavy atom. The van der Waals surface area contributed by atoms with Crippen LogP contribution in [0.25, 0.3) is 10.9 Å². The van der Waals surface area contributed by atoms with Crippen molar-refractivity contribution in [2.75, 3.05) is 11.5 Å². The average Bonchev–Trinajstić information content (AvgIpc) is 3.35. The van der Waals surface area contributed by atoms with Crippen LogP contribution >= 0.6 is 11.8 Å². The van der Waals surface area contributed by atoms with Crippen LogP contribution in [0.1, 0.15) is 28.9 Å². The summed E-state index contributed by atoms with van der Waals surface area (Å²) in [5, 5.41) is 0.810. The van der Waals surface area contributed by atoms with E-state index in [4.69, 9.17) is 4.74 Å². The number of aromatic nitrogens is 1. The first-order valence-corrected chi connectivity index (χ1v) is 10.2. The van der Waals surface area contributed by atoms with Crippen LogP contribution in [0, 0.1) is 6.92 Å². The highest BCUT2D eigenvalue weighted by Gasteiger charge is 2.58. The Labute approximate surface area is 171 Å². The van der Waals surface area contributed by atoms with Gasteiger partial charge in [0.05, 0.1) is 5.69 Å². The Hall–Kier alpha value is -3.06. The maximum atomic E-state index is 13.1. The molecule has 0 radical (unpaired) electrons. The third-order valence-electron chi connectivity index (χ3n) is 5.50. The van der Waals surface area contributed by atoms with Gasteiger partial charge >= 0.3 is 5.97 Å². The minimum atomic E-state index is -1.11. The molecule has 2 aliphatic heterocycles. The fraction of sp³-hybridized carbons (Fsp3) is 0.227. The van der Waals surface area contributed by atoms with Crippen molar-refractivity contribution in [3.63, 3.8) is 0 Å². The summed E-state index contributed by atoms with van der Waals surface area (Å²) in [4.78, 5) is 42.9. The van der Waals surface area contributed by atoms with Crippen molar-refractivity contribution in [2.45, 2.75) is 29.5 Å². The van der Waals surface area contributed by atoms with Crippen LogP contribution < -0.4 is 4.90 Å². The molecule has 1 aromatic heterocycles. The number of anilines is 1. The number of Topliss-reactive ketones (excluding diaryl/α,β-unsaturated/α-hetero) is 1. The number of ketones is 1. The number of thioether (sulfide) groups is 1. The molecule has 2 aliphatic rings. The van der Waals surface area contributed by atoms with Crippen molar-refractivity contribution in [1.29, 1.82) is 0 Å². The van der Waals surface area contributed by atoms with Gasteiger partial charge in [0.2, 0.25) is 11.7 Å². The summed E-state index contributed by atoms with van der Waals surface area (Å²) in [7, 11) is 0. The van der Waals surface area contributed by atoms with Gasteiger partial charge < -0.3 is 9.72 Å². The third kappa shape index (κ3) is 2.61. The van der Waals surface area contributed by atoms with Crippen molar-refractivity contribution >= 4 is 46.0 Å². The maximum absolute atomic E-state index is 13.1. The van der Waals surface area contributed by atoms with Crippen LogP contribution in [0.3, 0.4) is 0 Å². The Bertz CT molecular complexity index is 1180. The van der Waals surface area contributed by atoms with Gasteiger partial charge in [-0.05, 0) is 25.1 Å². The van der Waals surface area contributed by atoms with Gasteiger partial charge in [-0.3, -0.25) is 14.5 Å². The second-order valence-corrected chi connectivity index (χ2v) is 8.57. The summed E-state index contributed by atoms with van der Waals surface area (Å²) >= 11 is 1.33. The normalized spacial score (nSPS) is 20.0. The Balaban J connectivity index is 1.39. The van der Waals surface area contributed by atoms with Gasteiger partial charge in [0.15, 0.2) is 11.5 Å². The molecule has 1 amide bonds. The third-order valence-corrected chi connectivity index (χ3v) is 6.96. The molecule has 2 aromatic carbocycles. The number of rotatable bonds is 4. The van der Waals surface area contributed by atoms with Crippen LogP contribution in [0.2, 0.25) is 0 Å². The van der Waals surface area contributed by atoms with Crippen LogP contribution in [0.15, 0.2) is 53.4 Å². The average molecular weight is 406 g/mol. The number of nitrogens with zero attached hydrogens (tertiary/aromatic N) is 1. The molecule has 1 atom stereocenters. The predicted molar refractivity (Wildman–Crippen MR) is 110 cm³/mol. The van der Waals surface area contributed by atoms with E-state index in [-0.39, 0.29) is 24.7 Å². The predicted octanol–water partition coefficient (Wildman–Crippen LogP) is 3.83. The summed E-state index contributed by atoms with van der Waals surface area (Å²) in [5.41, 5.74) is 2.88. The highest BCUT2D eigenvalue weighted by molar-refractivity contribution is 8.02. The van der Waals surface area contributed by atoms with Gasteiger partial charge in [-0.15, -0.1) is 0 Å². The molecule has 29 heavy (non-hydrogen) atoms. The Morgan fingerprint density at radius 1 is 1.17 bits per heavy atom. The number of para-hydroxylation sites is 2. The summed E-state index contributed by atoms with van der Waals surface area (Å²) in [6.07, 6.45) is 0.649. The van der Waals surface area contributed by atoms with Crippen molar-refractivity contribution in [2.24, 2.45) is 0 Å². The molecule has 5 rings (SSSR count). The van der Waals surface area contributed by atoms with Crippen LogP contribution in [-0.2, 0) is 14.3 Å². The van der Waals surface area contributed by atoms with Gasteiger partial charge in [-0.2, -0.15) is 0 Å². The van der Waals surface area contributed by atoms with Crippen LogP contribution in [-0.4, -0.2) is 34.1 Å². The number of aryl methyl sites for hydroxylation is 1. The van der Waals surface area contributed by atoms with Crippen molar-refractivity contribution in [3.8, 4) is 0 Å². The number of carbonyl (C=O) groups excluding carboxylic acids is 3. The largest absolute Gasteiger partial charge is 0.455 e. The van der Waals surface area contributed by atoms with E-state index in [1.54, 1.807) is 0 Å². The number of hydrogen-bond acceptors (Lipinski definition) is 5. The molecule has 0 unspecified atom stereocenters. The first kappa shape index (κ1) is 18.0. The lowest BCUT2D eigenvalue weighted by Crippen LogP contribution is -2.48. The number of ether oxygens (including phenoxy) is 1. The van der Waals surface area contributed by atoms with E-state index < -0.39 is 10.8 Å². The van der Waals surface area contributed by atoms with Gasteiger partial charge in [-0.1, -0.05) is 42.1 Å². The van der Waals surface area contributed by atoms with Gasteiger partial charge in [0.1, 0.15) is 0 Å². The smallest absolute Gasteiger partial charge is 0.343 e. The van der Waals surface area contributed by atoms with E-state index in [9.17, 15) is 14.4 Å². The summed E-state index contributed by atoms with van der Waals surface area (Å²) in [6, 6.07) is 15.0. The number of carbonyl (C=O) groups is 3. The number of H-pyrrole nitrogens is 1. The summed E-state index contributed by atoms with van der Waals surface area (Å²) in [6.45, 7) is 1.47. The molecular weight excluding hydrogens is 388 g/mol. The molecule has 3 heterocycles. The molecule has 0 spiro atoms. The minimum Gasteiger partial charge on any atom is -0.455 e. The monoisotopic (exact) mass is 406 g/mol. The quantitative estimate of drug-likeness (QED) is 0.526. The van der Waals surface area contributed by atoms with Crippen LogP contribution in [0.4, 0.5) is 5.69 Å². The fourth-order valence-electron chi connectivity index (χ4n) is 4.22. The zero-order valence-electron chi connectivity index (χ0n) is 15.7. The van der Waals surface area contributed by atoms with E-state index >= 15 is 0 Å². The molecular formula is C22H18N2O4S. The van der Waals surface area contributed by atoms with E-state index in [1.165, 1.54) is 16.7 Å². The SMILES string of the molecule is Cc1[nH]c2ccccc2c1C(=O)COC(=O)[C@@]12CCC(=O)N1c1ccccc1S2. The van der Waals surface area contributed by atoms with Gasteiger partial charge in [0, 0.05) is 39.9 Å². The molecule has 7 heteroatoms. The van der Waals surface area contributed by atoms with Crippen molar-refractivity contribution in [3.05, 3.63) is 59.8 Å². The molecule has 3 aromatic rings. The first-order valence-electron chi connectivity index (χ1n) is 9.40. The van der Waals surface area contributed by atoms with Gasteiger partial charge in [0.25, 0.3) is 0 Å². The van der Waals surface area contributed by atoms with E-state index in [2.05, 4.69) is 4.98 Å². The number of amides is 1. The van der Waals surface area contributed by atoms with E-state index in [1.807, 2.05) is 55.5 Å². The number of hydrogen-bond donors (Lipinski definition) is 1. The maximum Gasteiger partial charge on any atom is 0.343 e. The molecule has 0 bridgehead atoms. The molecule has 1 fully saturated rings. The topological polar surface area (TPSA) is 79.5 Å². The van der Waals surface area contributed by atoms with Crippen molar-refractivity contribution < 1.29 is 19.1 Å². The summed E-state index contributed by atoms with van der Waals surface area (Å²) in [5.74, 6) is -0.908. The van der Waals surface area contributed by atoms with Crippen molar-refractivity contribution in [1.82, 2.24) is 4.98 Å². The Morgan fingerprint density at radius 3 is 2.79 bits per heavy atom. The number of fused-ring (bicyclic) bond motifs is 4. The number of esters is 1. The lowest BCUT2D eigenvalue weighted by Gasteiger charge is -2.28. The lowest BCUT2D eigenvalue weighted by molar-refractivity contribution is -0.145. The number of aromatic amines is 1. The first-order chi connectivity index (χ1) is 14.0. The second kappa shape index (κ2) is 6.49. The highest BCUT2D eigenvalue weighted by atomic mass is 32.2. The minimum absolute atomic E-state index is 0.0989. The zero-order chi connectivity index (χ0) is 20.2. The second-order valence-electron chi connectivity index (χ2n) is 7.25. The van der Waals surface area contributed by atoms with Gasteiger partial charge in [-0.25, -0.2) is 4.79 Å². The molecule has 1 saturated heterocycles. The fourth-order valence-corrected chi connectivity index (χ4v) is 5.64. The standard InChI is InChI=1S/C22H18N2O4S/c1-13-20(14-6-2-3-7-15(14)23-13)17(25)12-28-21(27)22-11-10-19(26)24(22)16-8-4-5-9-18(16)29-22/h2-9,23H,10-12H2,1H3/t22-/m0/s1. The highest BCUT2D eigenvalue weighted by Crippen LogP contribution is 2.56. The zero-order valence-corrected chi connectivity index (χ0v) is 16.5. The number of nitrogens with one attached hydrogen (secondary N) is 1.